The fraction of sp³-hybridized carbons (Fsp3) is 0.357. The molecular weight excluding hydrogens is 262 g/mol. The zero-order valence-corrected chi connectivity index (χ0v) is 12.4. The zero-order chi connectivity index (χ0) is 14.0. The van der Waals surface area contributed by atoms with E-state index in [1.54, 1.807) is 11.8 Å². The van der Waals surface area contributed by atoms with Gasteiger partial charge >= 0.3 is 0 Å². The summed E-state index contributed by atoms with van der Waals surface area (Å²) >= 11 is 6.11. The van der Waals surface area contributed by atoms with E-state index in [1.165, 1.54) is 0 Å². The number of rotatable bonds is 4. The Morgan fingerprint density at radius 2 is 2.11 bits per heavy atom. The van der Waals surface area contributed by atoms with Crippen molar-refractivity contribution in [2.45, 2.75) is 20.4 Å². The molecule has 0 fully saturated rings. The number of methoxy groups -OCH3 is 1. The Labute approximate surface area is 118 Å². The number of aromatic nitrogens is 2. The second-order valence-electron chi connectivity index (χ2n) is 4.51. The maximum Gasteiger partial charge on any atom is 0.216 e. The molecule has 5 heteroatoms. The Hall–Kier alpha value is -1.68. The third kappa shape index (κ3) is 2.84. The molecule has 0 bridgehead atoms. The number of ether oxygens (including phenoxy) is 1. The Kier molecular flexibility index (Phi) is 4.00. The van der Waals surface area contributed by atoms with Crippen LogP contribution in [0.1, 0.15) is 16.8 Å². The number of nitrogens with one attached hydrogen (secondary N) is 1. The average molecular weight is 280 g/mol. The average Bonchev–Trinajstić information content (AvgIpc) is 2.64. The highest BCUT2D eigenvalue weighted by Gasteiger charge is 2.13. The quantitative estimate of drug-likeness (QED) is 0.933. The molecule has 0 aliphatic rings. The predicted molar refractivity (Wildman–Crippen MR) is 78.0 cm³/mol. The molecule has 0 spiro atoms. The van der Waals surface area contributed by atoms with Gasteiger partial charge in [0.1, 0.15) is 0 Å². The van der Waals surface area contributed by atoms with Crippen LogP contribution in [-0.4, -0.2) is 16.9 Å². The Balaban J connectivity index is 2.16. The van der Waals surface area contributed by atoms with Crippen LogP contribution in [0.25, 0.3) is 0 Å². The van der Waals surface area contributed by atoms with Gasteiger partial charge in [0.05, 0.1) is 18.4 Å². The largest absolute Gasteiger partial charge is 0.481 e. The second kappa shape index (κ2) is 5.53. The van der Waals surface area contributed by atoms with Gasteiger partial charge in [0.2, 0.25) is 5.88 Å². The van der Waals surface area contributed by atoms with Crippen molar-refractivity contribution in [3.05, 3.63) is 40.0 Å². The number of halogens is 1. The van der Waals surface area contributed by atoms with Crippen LogP contribution in [0.2, 0.25) is 5.02 Å². The first-order valence-corrected chi connectivity index (χ1v) is 6.47. The van der Waals surface area contributed by atoms with Crippen LogP contribution < -0.4 is 10.1 Å². The first-order chi connectivity index (χ1) is 9.02. The van der Waals surface area contributed by atoms with E-state index in [0.29, 0.717) is 6.54 Å². The van der Waals surface area contributed by atoms with Gasteiger partial charge in [-0.2, -0.15) is 5.10 Å². The first-order valence-electron chi connectivity index (χ1n) is 6.09. The summed E-state index contributed by atoms with van der Waals surface area (Å²) in [6.07, 6.45) is 0. The van der Waals surface area contributed by atoms with Crippen molar-refractivity contribution in [3.63, 3.8) is 0 Å². The molecule has 0 unspecified atom stereocenters. The SMILES string of the molecule is COc1c(CNc2ccc(C)c(Cl)c2)c(C)nn1C. The lowest BCUT2D eigenvalue weighted by molar-refractivity contribution is 0.370. The van der Waals surface area contributed by atoms with Crippen LogP contribution in [0.3, 0.4) is 0 Å². The summed E-state index contributed by atoms with van der Waals surface area (Å²) in [4.78, 5) is 0. The Bertz CT molecular complexity index is 593. The van der Waals surface area contributed by atoms with E-state index in [0.717, 1.165) is 33.4 Å². The number of benzene rings is 1. The lowest BCUT2D eigenvalue weighted by atomic mass is 10.2. The third-order valence-corrected chi connectivity index (χ3v) is 3.53. The topological polar surface area (TPSA) is 39.1 Å². The lowest BCUT2D eigenvalue weighted by Crippen LogP contribution is -2.03. The fourth-order valence-electron chi connectivity index (χ4n) is 2.03. The van der Waals surface area contributed by atoms with Gasteiger partial charge in [-0.1, -0.05) is 17.7 Å². The number of nitrogens with zero attached hydrogens (tertiary/aromatic N) is 2. The van der Waals surface area contributed by atoms with E-state index in [2.05, 4.69) is 10.4 Å². The standard InChI is InChI=1S/C14H18ClN3O/c1-9-5-6-11(7-13(9)15)16-8-12-10(2)17-18(3)14(12)19-4/h5-7,16H,8H2,1-4H3. The van der Waals surface area contributed by atoms with Crippen molar-refractivity contribution < 1.29 is 4.74 Å². The second-order valence-corrected chi connectivity index (χ2v) is 4.92. The van der Waals surface area contributed by atoms with Crippen LogP contribution in [0.4, 0.5) is 5.69 Å². The summed E-state index contributed by atoms with van der Waals surface area (Å²) in [5, 5.41) is 8.46. The van der Waals surface area contributed by atoms with Crippen LogP contribution in [0, 0.1) is 13.8 Å². The molecule has 102 valence electrons. The molecule has 0 saturated heterocycles. The monoisotopic (exact) mass is 279 g/mol. The summed E-state index contributed by atoms with van der Waals surface area (Å²) in [7, 11) is 3.53. The zero-order valence-electron chi connectivity index (χ0n) is 11.6. The van der Waals surface area contributed by atoms with E-state index in [9.17, 15) is 0 Å². The minimum atomic E-state index is 0.655. The molecule has 0 amide bonds. The molecule has 0 aliphatic carbocycles. The maximum atomic E-state index is 6.11. The Morgan fingerprint density at radius 1 is 1.37 bits per heavy atom. The van der Waals surface area contributed by atoms with Gasteiger partial charge in [0.15, 0.2) is 0 Å². The highest BCUT2D eigenvalue weighted by molar-refractivity contribution is 6.31. The van der Waals surface area contributed by atoms with Crippen molar-refractivity contribution in [1.82, 2.24) is 9.78 Å². The van der Waals surface area contributed by atoms with Gasteiger partial charge in [-0.05, 0) is 31.5 Å². The first kappa shape index (κ1) is 13.7. The molecular formula is C14H18ClN3O. The highest BCUT2D eigenvalue weighted by Crippen LogP contribution is 2.24. The van der Waals surface area contributed by atoms with Crippen LogP contribution in [-0.2, 0) is 13.6 Å². The summed E-state index contributed by atoms with van der Waals surface area (Å²) in [5.74, 6) is 0.781. The molecule has 19 heavy (non-hydrogen) atoms. The molecule has 0 radical (unpaired) electrons. The van der Waals surface area contributed by atoms with Crippen molar-refractivity contribution in [2.75, 3.05) is 12.4 Å². The normalized spacial score (nSPS) is 10.6. The minimum absolute atomic E-state index is 0.655. The highest BCUT2D eigenvalue weighted by atomic mass is 35.5. The van der Waals surface area contributed by atoms with Gasteiger partial charge < -0.3 is 10.1 Å². The minimum Gasteiger partial charge on any atom is -0.481 e. The number of hydrogen-bond acceptors (Lipinski definition) is 3. The van der Waals surface area contributed by atoms with Crippen LogP contribution >= 0.6 is 11.6 Å². The summed E-state index contributed by atoms with van der Waals surface area (Å²) in [5.41, 5.74) is 4.08. The molecule has 0 atom stereocenters. The molecule has 2 aromatic rings. The molecule has 1 N–H and O–H groups in total. The van der Waals surface area contributed by atoms with Crippen LogP contribution in [0.15, 0.2) is 18.2 Å². The number of hydrogen-bond donors (Lipinski definition) is 1. The van der Waals surface area contributed by atoms with E-state index in [1.807, 2.05) is 39.1 Å². The summed E-state index contributed by atoms with van der Waals surface area (Å²) in [6.45, 7) is 4.62. The van der Waals surface area contributed by atoms with E-state index < -0.39 is 0 Å². The number of anilines is 1. The molecule has 0 aliphatic heterocycles. The Morgan fingerprint density at radius 3 is 2.74 bits per heavy atom. The molecule has 1 heterocycles. The summed E-state index contributed by atoms with van der Waals surface area (Å²) in [6, 6.07) is 5.94. The van der Waals surface area contributed by atoms with Gasteiger partial charge in [-0.3, -0.25) is 0 Å². The van der Waals surface area contributed by atoms with Gasteiger partial charge in [-0.25, -0.2) is 4.68 Å². The van der Waals surface area contributed by atoms with E-state index in [-0.39, 0.29) is 0 Å². The molecule has 1 aromatic heterocycles. The number of aryl methyl sites for hydroxylation is 3. The summed E-state index contributed by atoms with van der Waals surface area (Å²) < 4.78 is 7.11. The molecule has 2 rings (SSSR count). The third-order valence-electron chi connectivity index (χ3n) is 3.12. The maximum absolute atomic E-state index is 6.11. The fourth-order valence-corrected chi connectivity index (χ4v) is 2.21. The van der Waals surface area contributed by atoms with E-state index in [4.69, 9.17) is 16.3 Å². The molecule has 0 saturated carbocycles. The van der Waals surface area contributed by atoms with Crippen molar-refractivity contribution >= 4 is 17.3 Å². The van der Waals surface area contributed by atoms with Gasteiger partial charge in [0, 0.05) is 24.3 Å². The van der Waals surface area contributed by atoms with Crippen LogP contribution in [0.5, 0.6) is 5.88 Å². The predicted octanol–water partition coefficient (Wildman–Crippen LogP) is 3.31. The van der Waals surface area contributed by atoms with E-state index >= 15 is 0 Å². The van der Waals surface area contributed by atoms with Crippen molar-refractivity contribution in [3.8, 4) is 5.88 Å². The van der Waals surface area contributed by atoms with Gasteiger partial charge in [-0.15, -0.1) is 0 Å². The lowest BCUT2D eigenvalue weighted by Gasteiger charge is -2.09. The van der Waals surface area contributed by atoms with Gasteiger partial charge in [0.25, 0.3) is 0 Å². The van der Waals surface area contributed by atoms with Crippen molar-refractivity contribution in [1.29, 1.82) is 0 Å². The molecule has 1 aromatic carbocycles. The van der Waals surface area contributed by atoms with Crippen molar-refractivity contribution in [2.24, 2.45) is 7.05 Å². The molecule has 4 nitrogen and oxygen atoms in total. The smallest absolute Gasteiger partial charge is 0.216 e.